The second-order valence-corrected chi connectivity index (χ2v) is 7.65. The van der Waals surface area contributed by atoms with Crippen LogP contribution in [0.3, 0.4) is 0 Å². The van der Waals surface area contributed by atoms with Crippen LogP contribution in [0.1, 0.15) is 24.3 Å². The van der Waals surface area contributed by atoms with Crippen molar-refractivity contribution in [3.63, 3.8) is 0 Å². The third-order valence-electron chi connectivity index (χ3n) is 3.98. The van der Waals surface area contributed by atoms with E-state index in [0.717, 1.165) is 6.42 Å². The zero-order valence-corrected chi connectivity index (χ0v) is 15.1. The average molecular weight is 368 g/mol. The standard InChI is InChI=1S/C15H20N4O5S/c1-10-14(11(2)24-18-10)25(20,21)19-8-4-5-12(9-19)23-13-6-7-16-15(17-13)22-3/h6-7,12H,4-5,8-9H2,1-3H3. The first-order chi connectivity index (χ1) is 11.9. The molecule has 0 bridgehead atoms. The molecule has 1 saturated heterocycles. The maximum Gasteiger partial charge on any atom is 0.319 e. The van der Waals surface area contributed by atoms with Crippen LogP contribution in [0.25, 0.3) is 0 Å². The molecule has 9 nitrogen and oxygen atoms in total. The van der Waals surface area contributed by atoms with Gasteiger partial charge in [0.05, 0.1) is 13.7 Å². The van der Waals surface area contributed by atoms with E-state index in [0.29, 0.717) is 30.3 Å². The summed E-state index contributed by atoms with van der Waals surface area (Å²) in [5.74, 6) is 0.648. The molecule has 3 rings (SSSR count). The van der Waals surface area contributed by atoms with Crippen molar-refractivity contribution in [1.29, 1.82) is 0 Å². The van der Waals surface area contributed by atoms with Crippen LogP contribution in [-0.2, 0) is 10.0 Å². The number of aryl methyl sites for hydroxylation is 2. The van der Waals surface area contributed by atoms with Crippen molar-refractivity contribution in [2.75, 3.05) is 20.2 Å². The van der Waals surface area contributed by atoms with Gasteiger partial charge in [-0.2, -0.15) is 9.29 Å². The first kappa shape index (κ1) is 17.6. The van der Waals surface area contributed by atoms with Crippen molar-refractivity contribution in [3.8, 4) is 11.9 Å². The topological polar surface area (TPSA) is 108 Å². The highest BCUT2D eigenvalue weighted by atomic mass is 32.2. The quantitative estimate of drug-likeness (QED) is 0.778. The van der Waals surface area contributed by atoms with Gasteiger partial charge in [0.25, 0.3) is 0 Å². The number of aromatic nitrogens is 3. The Hall–Kier alpha value is -2.20. The van der Waals surface area contributed by atoms with Crippen molar-refractivity contribution >= 4 is 10.0 Å². The molecular weight excluding hydrogens is 348 g/mol. The Morgan fingerprint density at radius 3 is 2.84 bits per heavy atom. The van der Waals surface area contributed by atoms with Crippen molar-refractivity contribution < 1.29 is 22.4 Å². The molecule has 0 radical (unpaired) electrons. The summed E-state index contributed by atoms with van der Waals surface area (Å²) in [5.41, 5.74) is 0.362. The molecule has 3 heterocycles. The van der Waals surface area contributed by atoms with E-state index in [1.807, 2.05) is 0 Å². The van der Waals surface area contributed by atoms with Gasteiger partial charge in [0.1, 0.15) is 16.7 Å². The van der Waals surface area contributed by atoms with E-state index in [1.54, 1.807) is 19.9 Å². The van der Waals surface area contributed by atoms with Gasteiger partial charge in [-0.05, 0) is 26.7 Å². The van der Waals surface area contributed by atoms with E-state index < -0.39 is 10.0 Å². The van der Waals surface area contributed by atoms with Gasteiger partial charge >= 0.3 is 6.01 Å². The molecule has 0 spiro atoms. The fraction of sp³-hybridized carbons (Fsp3) is 0.533. The second kappa shape index (κ2) is 6.96. The smallest absolute Gasteiger partial charge is 0.319 e. The molecule has 0 amide bonds. The summed E-state index contributed by atoms with van der Waals surface area (Å²) in [5, 5.41) is 3.74. The summed E-state index contributed by atoms with van der Waals surface area (Å²) in [6.07, 6.45) is 2.65. The summed E-state index contributed by atoms with van der Waals surface area (Å²) < 4.78 is 43.0. The largest absolute Gasteiger partial charge is 0.473 e. The lowest BCUT2D eigenvalue weighted by atomic mass is 10.1. The molecule has 25 heavy (non-hydrogen) atoms. The van der Waals surface area contributed by atoms with Crippen LogP contribution < -0.4 is 9.47 Å². The molecule has 2 aromatic rings. The molecule has 1 unspecified atom stereocenters. The lowest BCUT2D eigenvalue weighted by molar-refractivity contribution is 0.123. The number of ether oxygens (including phenoxy) is 2. The molecule has 1 aliphatic rings. The fourth-order valence-corrected chi connectivity index (χ4v) is 4.65. The Bertz CT molecular complexity index is 832. The highest BCUT2D eigenvalue weighted by Gasteiger charge is 2.35. The van der Waals surface area contributed by atoms with Crippen molar-refractivity contribution in [2.24, 2.45) is 0 Å². The van der Waals surface area contributed by atoms with Crippen LogP contribution in [0.2, 0.25) is 0 Å². The number of nitrogens with zero attached hydrogens (tertiary/aromatic N) is 4. The molecule has 2 aromatic heterocycles. The van der Waals surface area contributed by atoms with Gasteiger partial charge in [-0.1, -0.05) is 5.16 Å². The summed E-state index contributed by atoms with van der Waals surface area (Å²) in [6.45, 7) is 3.88. The lowest BCUT2D eigenvalue weighted by Crippen LogP contribution is -2.44. The van der Waals surface area contributed by atoms with Crippen LogP contribution in [0.5, 0.6) is 11.9 Å². The van der Waals surface area contributed by atoms with E-state index in [1.165, 1.54) is 17.6 Å². The average Bonchev–Trinajstić information content (AvgIpc) is 2.94. The van der Waals surface area contributed by atoms with E-state index >= 15 is 0 Å². The molecule has 136 valence electrons. The van der Waals surface area contributed by atoms with E-state index in [-0.39, 0.29) is 23.6 Å². The summed E-state index contributed by atoms with van der Waals surface area (Å²) in [7, 11) is -2.21. The maximum absolute atomic E-state index is 12.9. The Labute approximate surface area is 146 Å². The number of sulfonamides is 1. The summed E-state index contributed by atoms with van der Waals surface area (Å²) in [6, 6.07) is 1.82. The predicted molar refractivity (Wildman–Crippen MR) is 87.0 cm³/mol. The Morgan fingerprint density at radius 2 is 2.16 bits per heavy atom. The minimum absolute atomic E-state index is 0.136. The van der Waals surface area contributed by atoms with E-state index in [4.69, 9.17) is 14.0 Å². The van der Waals surface area contributed by atoms with Crippen LogP contribution in [0.4, 0.5) is 0 Å². The SMILES string of the molecule is COc1nccc(OC2CCCN(S(=O)(=O)c3c(C)noc3C)C2)n1. The summed E-state index contributed by atoms with van der Waals surface area (Å²) in [4.78, 5) is 8.16. The van der Waals surface area contributed by atoms with Crippen molar-refractivity contribution in [2.45, 2.75) is 37.7 Å². The van der Waals surface area contributed by atoms with Crippen LogP contribution in [-0.4, -0.2) is 54.2 Å². The molecule has 10 heteroatoms. The number of hydrogen-bond acceptors (Lipinski definition) is 8. The predicted octanol–water partition coefficient (Wildman–Crippen LogP) is 1.32. The van der Waals surface area contributed by atoms with E-state index in [9.17, 15) is 8.42 Å². The maximum atomic E-state index is 12.9. The van der Waals surface area contributed by atoms with Gasteiger partial charge in [0, 0.05) is 18.8 Å². The number of hydrogen-bond donors (Lipinski definition) is 0. The number of methoxy groups -OCH3 is 1. The van der Waals surface area contributed by atoms with Gasteiger partial charge in [0.2, 0.25) is 15.9 Å². The van der Waals surface area contributed by atoms with Crippen LogP contribution in [0, 0.1) is 13.8 Å². The molecule has 0 aromatic carbocycles. The zero-order chi connectivity index (χ0) is 18.0. The van der Waals surface area contributed by atoms with Crippen LogP contribution in [0.15, 0.2) is 21.7 Å². The van der Waals surface area contributed by atoms with Crippen molar-refractivity contribution in [3.05, 3.63) is 23.7 Å². The first-order valence-electron chi connectivity index (χ1n) is 7.88. The van der Waals surface area contributed by atoms with Gasteiger partial charge in [-0.3, -0.25) is 0 Å². The van der Waals surface area contributed by atoms with Gasteiger partial charge in [0.15, 0.2) is 5.76 Å². The Morgan fingerprint density at radius 1 is 1.36 bits per heavy atom. The zero-order valence-electron chi connectivity index (χ0n) is 14.3. The highest BCUT2D eigenvalue weighted by Crippen LogP contribution is 2.27. The Balaban J connectivity index is 1.77. The van der Waals surface area contributed by atoms with Gasteiger partial charge in [-0.25, -0.2) is 13.4 Å². The van der Waals surface area contributed by atoms with Crippen molar-refractivity contribution in [1.82, 2.24) is 19.4 Å². The number of piperidine rings is 1. The molecule has 1 fully saturated rings. The fourth-order valence-electron chi connectivity index (χ4n) is 2.85. The molecule has 1 aliphatic heterocycles. The monoisotopic (exact) mass is 368 g/mol. The van der Waals surface area contributed by atoms with E-state index in [2.05, 4.69) is 15.1 Å². The van der Waals surface area contributed by atoms with Gasteiger partial charge in [-0.15, -0.1) is 0 Å². The minimum atomic E-state index is -3.68. The second-order valence-electron chi connectivity index (χ2n) is 5.78. The third kappa shape index (κ3) is 3.59. The van der Waals surface area contributed by atoms with Crippen LogP contribution >= 0.6 is 0 Å². The summed E-state index contributed by atoms with van der Waals surface area (Å²) >= 11 is 0. The number of rotatable bonds is 5. The first-order valence-corrected chi connectivity index (χ1v) is 9.32. The molecule has 0 N–H and O–H groups in total. The molecule has 0 saturated carbocycles. The molecule has 0 aliphatic carbocycles. The molecule has 1 atom stereocenters. The lowest BCUT2D eigenvalue weighted by Gasteiger charge is -2.31. The highest BCUT2D eigenvalue weighted by molar-refractivity contribution is 7.89. The Kier molecular flexibility index (Phi) is 4.91. The van der Waals surface area contributed by atoms with Gasteiger partial charge < -0.3 is 14.0 Å². The minimum Gasteiger partial charge on any atom is -0.473 e. The normalized spacial score (nSPS) is 18.9. The third-order valence-corrected chi connectivity index (χ3v) is 6.09. The molecular formula is C15H20N4O5S.